The molecule has 1 N–H and O–H groups in total. The summed E-state index contributed by atoms with van der Waals surface area (Å²) in [4.78, 5) is 23.7. The largest absolute Gasteiger partial charge is 0.481 e. The number of carbonyl (C=O) groups is 2. The number of hydrogen-bond acceptors (Lipinski definition) is 3. The van der Waals surface area contributed by atoms with Gasteiger partial charge in [0.25, 0.3) is 0 Å². The van der Waals surface area contributed by atoms with Gasteiger partial charge in [0, 0.05) is 0 Å². The Balaban J connectivity index is 2.10. The van der Waals surface area contributed by atoms with Crippen molar-refractivity contribution in [2.24, 2.45) is 11.8 Å². The first kappa shape index (κ1) is 15.4. The number of hydrogen-bond donors (Lipinski definition) is 1. The first-order chi connectivity index (χ1) is 9.78. The van der Waals surface area contributed by atoms with E-state index in [1.165, 1.54) is 18.4 Å². The Hall–Kier alpha value is -1.99. The highest BCUT2D eigenvalue weighted by atomic mass is 19.4. The lowest BCUT2D eigenvalue weighted by Gasteiger charge is -2.36. The van der Waals surface area contributed by atoms with Crippen molar-refractivity contribution in [3.63, 3.8) is 0 Å². The first-order valence-corrected chi connectivity index (χ1v) is 6.38. The second-order valence-electron chi connectivity index (χ2n) is 5.02. The molecule has 1 aromatic rings. The molecule has 116 valence electrons. The van der Waals surface area contributed by atoms with Gasteiger partial charge in [-0.15, -0.1) is 0 Å². The van der Waals surface area contributed by atoms with Gasteiger partial charge >= 0.3 is 12.1 Å². The van der Waals surface area contributed by atoms with Crippen LogP contribution in [0.25, 0.3) is 0 Å². The van der Waals surface area contributed by atoms with Crippen molar-refractivity contribution >= 4 is 11.9 Å². The number of furan rings is 1. The first-order valence-electron chi connectivity index (χ1n) is 6.38. The Morgan fingerprint density at radius 3 is 2.43 bits per heavy atom. The zero-order valence-electron chi connectivity index (χ0n) is 11.0. The zero-order chi connectivity index (χ0) is 15.6. The molecule has 2 rings (SSSR count). The summed E-state index contributed by atoms with van der Waals surface area (Å²) < 4.78 is 42.7. The van der Waals surface area contributed by atoms with Crippen LogP contribution in [0.3, 0.4) is 0 Å². The maximum atomic E-state index is 12.6. The molecule has 1 aromatic heterocycles. The highest BCUT2D eigenvalue weighted by Crippen LogP contribution is 2.36. The number of halogens is 3. The van der Waals surface area contributed by atoms with E-state index in [1.54, 1.807) is 0 Å². The van der Waals surface area contributed by atoms with E-state index in [4.69, 9.17) is 9.52 Å². The molecule has 1 amide bonds. The molecule has 2 unspecified atom stereocenters. The van der Waals surface area contributed by atoms with Gasteiger partial charge in [-0.05, 0) is 25.0 Å². The molecule has 21 heavy (non-hydrogen) atoms. The van der Waals surface area contributed by atoms with Gasteiger partial charge in [0.1, 0.15) is 12.3 Å². The Labute approximate surface area is 118 Å². The summed E-state index contributed by atoms with van der Waals surface area (Å²) in [5, 5.41) is 8.91. The van der Waals surface area contributed by atoms with Gasteiger partial charge < -0.3 is 14.4 Å². The lowest BCUT2D eigenvalue weighted by Crippen LogP contribution is -2.48. The minimum atomic E-state index is -4.55. The van der Waals surface area contributed by atoms with Crippen molar-refractivity contribution < 1.29 is 32.3 Å². The van der Waals surface area contributed by atoms with Gasteiger partial charge in [-0.1, -0.05) is 0 Å². The summed E-state index contributed by atoms with van der Waals surface area (Å²) in [6.45, 7) is -1.75. The van der Waals surface area contributed by atoms with E-state index in [1.807, 2.05) is 0 Å². The monoisotopic (exact) mass is 305 g/mol. The Kier molecular flexibility index (Phi) is 4.24. The molecule has 1 fully saturated rings. The van der Waals surface area contributed by atoms with Gasteiger partial charge in [0.15, 0.2) is 0 Å². The molecule has 0 aromatic carbocycles. The minimum Gasteiger partial charge on any atom is -0.481 e. The van der Waals surface area contributed by atoms with E-state index < -0.39 is 36.4 Å². The second kappa shape index (κ2) is 5.79. The summed E-state index contributed by atoms with van der Waals surface area (Å²) in [6, 6.07) is 2.97. The van der Waals surface area contributed by atoms with Crippen LogP contribution >= 0.6 is 0 Å². The second-order valence-corrected chi connectivity index (χ2v) is 5.02. The fraction of sp³-hybridized carbons (Fsp3) is 0.538. The van der Waals surface area contributed by atoms with Gasteiger partial charge in [0.05, 0.1) is 24.6 Å². The van der Waals surface area contributed by atoms with Crippen LogP contribution in [0.4, 0.5) is 13.2 Å². The molecule has 0 bridgehead atoms. The van der Waals surface area contributed by atoms with Gasteiger partial charge in [0.2, 0.25) is 5.91 Å². The number of alkyl halides is 3. The Morgan fingerprint density at radius 2 is 2.00 bits per heavy atom. The predicted molar refractivity (Wildman–Crippen MR) is 64.0 cm³/mol. The number of nitrogens with zero attached hydrogens (tertiary/aromatic N) is 1. The number of amides is 1. The quantitative estimate of drug-likeness (QED) is 0.906. The van der Waals surface area contributed by atoms with Gasteiger partial charge in [-0.2, -0.15) is 13.2 Å². The van der Waals surface area contributed by atoms with Crippen LogP contribution in [0.2, 0.25) is 0 Å². The van der Waals surface area contributed by atoms with Crippen LogP contribution in [0.1, 0.15) is 18.6 Å². The molecule has 0 radical (unpaired) electrons. The van der Waals surface area contributed by atoms with Crippen LogP contribution in [-0.4, -0.2) is 34.6 Å². The van der Waals surface area contributed by atoms with Crippen LogP contribution in [0, 0.1) is 11.8 Å². The van der Waals surface area contributed by atoms with Crippen molar-refractivity contribution in [3.05, 3.63) is 24.2 Å². The minimum absolute atomic E-state index is 0.221. The standard InChI is InChI=1S/C13H14F3NO4/c14-13(15,16)7-17(6-8-2-1-5-21-8)11(18)9-3-4-10(9)12(19)20/h1-2,5,9-10H,3-4,6-7H2,(H,19,20). The third-order valence-electron chi connectivity index (χ3n) is 3.52. The Morgan fingerprint density at radius 1 is 1.33 bits per heavy atom. The molecule has 1 heterocycles. The maximum Gasteiger partial charge on any atom is 0.406 e. The maximum absolute atomic E-state index is 12.6. The summed E-state index contributed by atoms with van der Waals surface area (Å²) in [7, 11) is 0. The number of carboxylic acid groups (broad SMARTS) is 1. The van der Waals surface area contributed by atoms with E-state index in [-0.39, 0.29) is 12.3 Å². The summed E-state index contributed by atoms with van der Waals surface area (Å²) in [5.41, 5.74) is 0. The number of carboxylic acids is 1. The van der Waals surface area contributed by atoms with E-state index in [2.05, 4.69) is 0 Å². The van der Waals surface area contributed by atoms with E-state index >= 15 is 0 Å². The van der Waals surface area contributed by atoms with E-state index in [9.17, 15) is 22.8 Å². The molecule has 8 heteroatoms. The average molecular weight is 305 g/mol. The topological polar surface area (TPSA) is 70.8 Å². The molecule has 0 saturated heterocycles. The molecular formula is C13H14F3NO4. The van der Waals surface area contributed by atoms with Crippen molar-refractivity contribution in [1.82, 2.24) is 4.90 Å². The molecule has 0 spiro atoms. The van der Waals surface area contributed by atoms with Crippen LogP contribution in [-0.2, 0) is 16.1 Å². The molecule has 1 saturated carbocycles. The predicted octanol–water partition coefficient (Wildman–Crippen LogP) is 2.28. The fourth-order valence-electron chi connectivity index (χ4n) is 2.34. The Bertz CT molecular complexity index is 512. The molecule has 5 nitrogen and oxygen atoms in total. The third-order valence-corrected chi connectivity index (χ3v) is 3.52. The summed E-state index contributed by atoms with van der Waals surface area (Å²) in [5.74, 6) is -3.50. The normalized spacial score (nSPS) is 21.7. The third kappa shape index (κ3) is 3.77. The SMILES string of the molecule is O=C(O)C1CCC1C(=O)N(Cc1ccco1)CC(F)(F)F. The zero-order valence-corrected chi connectivity index (χ0v) is 11.0. The number of carbonyl (C=O) groups excluding carboxylic acids is 1. The smallest absolute Gasteiger partial charge is 0.406 e. The molecular weight excluding hydrogens is 291 g/mol. The van der Waals surface area contributed by atoms with Crippen LogP contribution in [0.15, 0.2) is 22.8 Å². The van der Waals surface area contributed by atoms with Crippen molar-refractivity contribution in [3.8, 4) is 0 Å². The van der Waals surface area contributed by atoms with Crippen molar-refractivity contribution in [2.75, 3.05) is 6.54 Å². The fourth-order valence-corrected chi connectivity index (χ4v) is 2.34. The van der Waals surface area contributed by atoms with Gasteiger partial charge in [-0.3, -0.25) is 9.59 Å². The molecule has 2 atom stereocenters. The van der Waals surface area contributed by atoms with Crippen LogP contribution < -0.4 is 0 Å². The molecule has 0 aliphatic heterocycles. The lowest BCUT2D eigenvalue weighted by molar-refractivity contribution is -0.172. The van der Waals surface area contributed by atoms with Crippen molar-refractivity contribution in [1.29, 1.82) is 0 Å². The highest BCUT2D eigenvalue weighted by Gasteiger charge is 2.45. The lowest BCUT2D eigenvalue weighted by atomic mass is 9.73. The van der Waals surface area contributed by atoms with E-state index in [0.717, 1.165) is 0 Å². The van der Waals surface area contributed by atoms with Gasteiger partial charge in [-0.25, -0.2) is 0 Å². The average Bonchev–Trinajstić information content (AvgIpc) is 2.76. The molecule has 1 aliphatic rings. The van der Waals surface area contributed by atoms with E-state index in [0.29, 0.717) is 17.7 Å². The molecule has 1 aliphatic carbocycles. The highest BCUT2D eigenvalue weighted by molar-refractivity contribution is 5.86. The number of aliphatic carboxylic acids is 1. The van der Waals surface area contributed by atoms with Crippen molar-refractivity contribution in [2.45, 2.75) is 25.6 Å². The van der Waals surface area contributed by atoms with Crippen LogP contribution in [0.5, 0.6) is 0 Å². The summed E-state index contributed by atoms with van der Waals surface area (Å²) >= 11 is 0. The number of rotatable bonds is 5. The summed E-state index contributed by atoms with van der Waals surface area (Å²) in [6.07, 6.45) is -2.64.